The van der Waals surface area contributed by atoms with Crippen molar-refractivity contribution in [1.82, 2.24) is 15.2 Å². The van der Waals surface area contributed by atoms with Crippen LogP contribution in [0.25, 0.3) is 11.3 Å². The summed E-state index contributed by atoms with van der Waals surface area (Å²) in [5.74, 6) is -0.699. The number of methoxy groups -OCH3 is 2. The first-order valence-corrected chi connectivity index (χ1v) is 9.32. The van der Waals surface area contributed by atoms with E-state index in [0.29, 0.717) is 16.4 Å². The molecule has 0 amide bonds. The normalized spacial score (nSPS) is 11.0. The largest absolute Gasteiger partial charge is 0.466 e. The van der Waals surface area contributed by atoms with Gasteiger partial charge in [-0.2, -0.15) is 0 Å². The van der Waals surface area contributed by atoms with Gasteiger partial charge in [0, 0.05) is 17.0 Å². The van der Waals surface area contributed by atoms with Crippen molar-refractivity contribution < 1.29 is 19.1 Å². The average molecular weight is 404 g/mol. The number of esters is 2. The molecule has 2 N–H and O–H groups in total. The number of rotatable bonds is 8. The smallest absolute Gasteiger partial charge is 0.354 e. The van der Waals surface area contributed by atoms with Crippen molar-refractivity contribution in [2.45, 2.75) is 18.5 Å². The zero-order valence-corrected chi connectivity index (χ0v) is 16.5. The lowest BCUT2D eigenvalue weighted by Gasteiger charge is -2.12. The maximum Gasteiger partial charge on any atom is 0.354 e. The Bertz CT molecular complexity index is 942. The van der Waals surface area contributed by atoms with Crippen LogP contribution in [0.2, 0.25) is 0 Å². The summed E-state index contributed by atoms with van der Waals surface area (Å²) in [5.41, 5.74) is 0.284. The molecular weight excluding hydrogens is 384 g/mol. The molecule has 0 aliphatic heterocycles. The first-order chi connectivity index (χ1) is 13.5. The van der Waals surface area contributed by atoms with Crippen molar-refractivity contribution >= 4 is 29.4 Å². The minimum absolute atomic E-state index is 0.0752. The lowest BCUT2D eigenvalue weighted by molar-refractivity contribution is -0.138. The van der Waals surface area contributed by atoms with E-state index in [1.54, 1.807) is 24.3 Å². The fraction of sp³-hybridized carbons (Fsp3) is 0.278. The van der Waals surface area contributed by atoms with Crippen LogP contribution in [0.15, 0.2) is 46.0 Å². The van der Waals surface area contributed by atoms with Crippen molar-refractivity contribution in [2.24, 2.45) is 0 Å². The fourth-order valence-corrected chi connectivity index (χ4v) is 2.80. The van der Waals surface area contributed by atoms with Gasteiger partial charge < -0.3 is 14.8 Å². The summed E-state index contributed by atoms with van der Waals surface area (Å²) in [4.78, 5) is 38.7. The van der Waals surface area contributed by atoms with Crippen LogP contribution in [0, 0.1) is 0 Å². The number of carbonyl (C=O) groups excluding carboxylic acids is 2. The Morgan fingerprint density at radius 1 is 1.21 bits per heavy atom. The number of anilines is 1. The molecule has 0 aliphatic carbocycles. The van der Waals surface area contributed by atoms with Crippen LogP contribution >= 0.6 is 11.8 Å². The Hall–Kier alpha value is -3.14. The summed E-state index contributed by atoms with van der Waals surface area (Å²) in [6, 6.07) is 6.69. The molecule has 0 saturated carbocycles. The summed E-state index contributed by atoms with van der Waals surface area (Å²) < 4.78 is 9.23. The highest BCUT2D eigenvalue weighted by atomic mass is 32.2. The molecule has 1 aromatic carbocycles. The molecular formula is C18H20N4O5S. The van der Waals surface area contributed by atoms with Gasteiger partial charge in [0.25, 0.3) is 5.56 Å². The summed E-state index contributed by atoms with van der Waals surface area (Å²) in [5, 5.41) is 11.3. The summed E-state index contributed by atoms with van der Waals surface area (Å²) in [6.45, 7) is 2.02. The Balaban J connectivity index is 2.42. The first-order valence-electron chi connectivity index (χ1n) is 8.34. The Morgan fingerprint density at radius 3 is 2.61 bits per heavy atom. The molecule has 0 saturated heterocycles. The highest BCUT2D eigenvalue weighted by molar-refractivity contribution is 7.99. The van der Waals surface area contributed by atoms with Crippen LogP contribution in [0.3, 0.4) is 0 Å². The number of hydrogen-bond donors (Lipinski definition) is 2. The molecule has 10 heteroatoms. The lowest BCUT2D eigenvalue weighted by atomic mass is 10.1. The van der Waals surface area contributed by atoms with E-state index in [9.17, 15) is 14.4 Å². The molecule has 0 radical (unpaired) electrons. The molecule has 2 aromatic rings. The van der Waals surface area contributed by atoms with E-state index in [4.69, 9.17) is 0 Å². The molecule has 0 fully saturated rings. The maximum absolute atomic E-state index is 12.5. The second-order valence-corrected chi connectivity index (χ2v) is 6.48. The average Bonchev–Trinajstić information content (AvgIpc) is 2.71. The molecule has 1 aromatic heterocycles. The number of nitrogens with zero attached hydrogens (tertiary/aromatic N) is 2. The van der Waals surface area contributed by atoms with Crippen molar-refractivity contribution in [1.29, 1.82) is 0 Å². The topological polar surface area (TPSA) is 123 Å². The molecule has 0 bridgehead atoms. The molecule has 1 heterocycles. The zero-order chi connectivity index (χ0) is 20.5. The quantitative estimate of drug-likeness (QED) is 0.386. The monoisotopic (exact) mass is 404 g/mol. The second kappa shape index (κ2) is 10.3. The summed E-state index contributed by atoms with van der Waals surface area (Å²) >= 11 is 1.40. The molecule has 0 spiro atoms. The van der Waals surface area contributed by atoms with Gasteiger partial charge in [-0.1, -0.05) is 36.9 Å². The van der Waals surface area contributed by atoms with Crippen LogP contribution in [0.4, 0.5) is 5.69 Å². The molecule has 28 heavy (non-hydrogen) atoms. The molecule has 148 valence electrons. The molecule has 0 unspecified atom stereocenters. The van der Waals surface area contributed by atoms with E-state index in [1.807, 2.05) is 6.92 Å². The molecule has 9 nitrogen and oxygen atoms in total. The fourth-order valence-electron chi connectivity index (χ4n) is 2.14. The number of hydrogen-bond acceptors (Lipinski definition) is 9. The number of aromatic nitrogens is 3. The van der Waals surface area contributed by atoms with E-state index < -0.39 is 17.5 Å². The van der Waals surface area contributed by atoms with E-state index in [2.05, 4.69) is 30.0 Å². The SMILES string of the molecule is CCCSc1nnc(-c2ccccc2N/C(=C/C(=O)OC)C(=O)OC)c(=O)[nH]1. The Labute approximate surface area is 165 Å². The molecule has 0 aliphatic rings. The number of carbonyl (C=O) groups is 2. The van der Waals surface area contributed by atoms with Gasteiger partial charge in [0.2, 0.25) is 0 Å². The van der Waals surface area contributed by atoms with E-state index in [0.717, 1.165) is 18.2 Å². The Morgan fingerprint density at radius 2 is 1.96 bits per heavy atom. The maximum atomic E-state index is 12.5. The number of ether oxygens (including phenoxy) is 2. The highest BCUT2D eigenvalue weighted by Gasteiger charge is 2.17. The second-order valence-electron chi connectivity index (χ2n) is 5.40. The lowest BCUT2D eigenvalue weighted by Crippen LogP contribution is -2.18. The van der Waals surface area contributed by atoms with Gasteiger partial charge >= 0.3 is 11.9 Å². The third kappa shape index (κ3) is 5.43. The zero-order valence-electron chi connectivity index (χ0n) is 15.6. The van der Waals surface area contributed by atoms with Gasteiger partial charge in [-0.05, 0) is 12.5 Å². The van der Waals surface area contributed by atoms with Crippen LogP contribution in [-0.4, -0.2) is 47.1 Å². The number of benzene rings is 1. The Kier molecular flexibility index (Phi) is 7.76. The van der Waals surface area contributed by atoms with Crippen molar-refractivity contribution in [3.8, 4) is 11.3 Å². The van der Waals surface area contributed by atoms with Gasteiger partial charge in [0.05, 0.1) is 20.3 Å². The van der Waals surface area contributed by atoms with Gasteiger partial charge in [-0.25, -0.2) is 9.59 Å². The molecule has 2 rings (SSSR count). The van der Waals surface area contributed by atoms with Crippen molar-refractivity contribution in [3.63, 3.8) is 0 Å². The highest BCUT2D eigenvalue weighted by Crippen LogP contribution is 2.25. The van der Waals surface area contributed by atoms with Crippen molar-refractivity contribution in [3.05, 3.63) is 46.4 Å². The van der Waals surface area contributed by atoms with Crippen LogP contribution in [0.5, 0.6) is 0 Å². The number of para-hydroxylation sites is 1. The predicted octanol–water partition coefficient (Wildman–Crippen LogP) is 1.98. The number of aromatic amines is 1. The van der Waals surface area contributed by atoms with Crippen molar-refractivity contribution in [2.75, 3.05) is 25.3 Å². The number of thioether (sulfide) groups is 1. The first kappa shape index (κ1) is 21.2. The minimum Gasteiger partial charge on any atom is -0.466 e. The van der Waals surface area contributed by atoms with Gasteiger partial charge in [-0.15, -0.1) is 10.2 Å². The number of H-pyrrole nitrogens is 1. The predicted molar refractivity (Wildman–Crippen MR) is 105 cm³/mol. The summed E-state index contributed by atoms with van der Waals surface area (Å²) in [7, 11) is 2.37. The minimum atomic E-state index is -0.772. The third-order valence-corrected chi connectivity index (χ3v) is 4.51. The van der Waals surface area contributed by atoms with Crippen LogP contribution in [-0.2, 0) is 19.1 Å². The van der Waals surface area contributed by atoms with Gasteiger partial charge in [0.15, 0.2) is 10.9 Å². The molecule has 0 atom stereocenters. The standard InChI is InChI=1S/C18H20N4O5S/c1-4-9-28-18-20-16(24)15(21-22-18)11-7-5-6-8-12(11)19-13(17(25)27-3)10-14(23)26-2/h5-8,10,19H,4,9H2,1-3H3,(H,20,22,24)/b13-10+. The van der Waals surface area contributed by atoms with Crippen LogP contribution in [0.1, 0.15) is 13.3 Å². The van der Waals surface area contributed by atoms with Gasteiger partial charge in [-0.3, -0.25) is 9.78 Å². The van der Waals surface area contributed by atoms with Crippen LogP contribution < -0.4 is 10.9 Å². The summed E-state index contributed by atoms with van der Waals surface area (Å²) in [6.07, 6.45) is 1.90. The third-order valence-electron chi connectivity index (χ3n) is 3.44. The van der Waals surface area contributed by atoms with E-state index >= 15 is 0 Å². The number of nitrogens with one attached hydrogen (secondary N) is 2. The van der Waals surface area contributed by atoms with Gasteiger partial charge in [0.1, 0.15) is 5.70 Å². The van der Waals surface area contributed by atoms with E-state index in [-0.39, 0.29) is 11.4 Å². The van der Waals surface area contributed by atoms with E-state index in [1.165, 1.54) is 26.0 Å².